The van der Waals surface area contributed by atoms with Gasteiger partial charge in [-0.2, -0.15) is 0 Å². The van der Waals surface area contributed by atoms with E-state index in [2.05, 4.69) is 22.9 Å². The second-order valence-corrected chi connectivity index (χ2v) is 7.33. The van der Waals surface area contributed by atoms with Crippen LogP contribution < -0.4 is 4.90 Å². The number of carbonyl (C=O) groups excluding carboxylic acids is 1. The van der Waals surface area contributed by atoms with Gasteiger partial charge in [0.1, 0.15) is 5.69 Å². The van der Waals surface area contributed by atoms with Crippen molar-refractivity contribution in [3.8, 4) is 11.1 Å². The Labute approximate surface area is 170 Å². The molecule has 0 unspecified atom stereocenters. The molecule has 0 radical (unpaired) electrons. The van der Waals surface area contributed by atoms with Gasteiger partial charge in [0.25, 0.3) is 5.91 Å². The van der Waals surface area contributed by atoms with E-state index in [0.717, 1.165) is 47.2 Å². The maximum atomic E-state index is 13.2. The van der Waals surface area contributed by atoms with Gasteiger partial charge in [-0.1, -0.05) is 17.7 Å². The maximum absolute atomic E-state index is 13.2. The van der Waals surface area contributed by atoms with Crippen molar-refractivity contribution in [2.24, 2.45) is 0 Å². The molecule has 1 fully saturated rings. The first-order valence-corrected chi connectivity index (χ1v) is 9.94. The number of benzene rings is 1. The number of hydrogen-bond donors (Lipinski definition) is 0. The maximum Gasteiger partial charge on any atom is 0.270 e. The molecule has 1 aliphatic rings. The minimum absolute atomic E-state index is 0.0906. The van der Waals surface area contributed by atoms with E-state index < -0.39 is 0 Å². The molecule has 1 saturated heterocycles. The van der Waals surface area contributed by atoms with E-state index in [0.29, 0.717) is 13.1 Å². The van der Waals surface area contributed by atoms with Crippen molar-refractivity contribution in [2.75, 3.05) is 31.1 Å². The summed E-state index contributed by atoms with van der Waals surface area (Å²) in [5.41, 5.74) is 3.97. The van der Waals surface area contributed by atoms with Gasteiger partial charge in [-0.05, 0) is 48.9 Å². The van der Waals surface area contributed by atoms with Crippen LogP contribution in [0.5, 0.6) is 0 Å². The van der Waals surface area contributed by atoms with Crippen LogP contribution in [0.2, 0.25) is 5.02 Å². The summed E-state index contributed by atoms with van der Waals surface area (Å²) in [5, 5.41) is 0.737. The lowest BCUT2D eigenvalue weighted by Crippen LogP contribution is -2.49. The summed E-state index contributed by atoms with van der Waals surface area (Å²) in [6.07, 6.45) is 5.59. The summed E-state index contributed by atoms with van der Waals surface area (Å²) in [6, 6.07) is 13.8. The number of anilines is 1. The Kier molecular flexibility index (Phi) is 5.35. The van der Waals surface area contributed by atoms with Gasteiger partial charge in [0, 0.05) is 67.6 Å². The van der Waals surface area contributed by atoms with Crippen LogP contribution in [0.4, 0.5) is 5.69 Å². The topological polar surface area (TPSA) is 41.4 Å². The van der Waals surface area contributed by atoms with Crippen molar-refractivity contribution >= 4 is 23.2 Å². The normalized spacial score (nSPS) is 14.4. The number of carbonyl (C=O) groups is 1. The third-order valence-electron chi connectivity index (χ3n) is 5.21. The number of piperazine rings is 1. The van der Waals surface area contributed by atoms with Gasteiger partial charge in [0.05, 0.1) is 0 Å². The number of rotatable bonds is 4. The molecular weight excluding hydrogens is 372 g/mol. The monoisotopic (exact) mass is 394 g/mol. The van der Waals surface area contributed by atoms with Crippen molar-refractivity contribution in [1.29, 1.82) is 0 Å². The Morgan fingerprint density at radius 3 is 2.46 bits per heavy atom. The SMILES string of the molecule is CCn1cc(-c2ccncc2)cc1C(=O)N1CCN(c2cccc(Cl)c2)CC1. The first-order valence-electron chi connectivity index (χ1n) is 9.56. The molecule has 144 valence electrons. The third-order valence-corrected chi connectivity index (χ3v) is 5.45. The number of aromatic nitrogens is 2. The summed E-state index contributed by atoms with van der Waals surface area (Å²) < 4.78 is 2.03. The summed E-state index contributed by atoms with van der Waals surface area (Å²) in [5.74, 6) is 0.0906. The predicted octanol–water partition coefficient (Wildman–Crippen LogP) is 4.19. The lowest BCUT2D eigenvalue weighted by atomic mass is 10.1. The van der Waals surface area contributed by atoms with Gasteiger partial charge in [-0.25, -0.2) is 0 Å². The molecule has 0 aliphatic carbocycles. The molecule has 28 heavy (non-hydrogen) atoms. The fraction of sp³-hybridized carbons (Fsp3) is 0.273. The molecule has 4 rings (SSSR count). The molecule has 5 nitrogen and oxygen atoms in total. The second kappa shape index (κ2) is 8.07. The molecule has 1 aromatic carbocycles. The van der Waals surface area contributed by atoms with Crippen LogP contribution in [0.3, 0.4) is 0 Å². The molecule has 0 bridgehead atoms. The number of pyridine rings is 1. The number of nitrogens with zero attached hydrogens (tertiary/aromatic N) is 4. The van der Waals surface area contributed by atoms with E-state index in [1.807, 2.05) is 52.1 Å². The third kappa shape index (κ3) is 3.76. The minimum atomic E-state index is 0.0906. The van der Waals surface area contributed by atoms with E-state index in [-0.39, 0.29) is 5.91 Å². The van der Waals surface area contributed by atoms with Gasteiger partial charge in [-0.15, -0.1) is 0 Å². The number of amides is 1. The van der Waals surface area contributed by atoms with E-state index in [1.54, 1.807) is 12.4 Å². The number of hydrogen-bond acceptors (Lipinski definition) is 3. The lowest BCUT2D eigenvalue weighted by molar-refractivity contribution is 0.0736. The van der Waals surface area contributed by atoms with Gasteiger partial charge < -0.3 is 14.4 Å². The van der Waals surface area contributed by atoms with Crippen LogP contribution in [0.1, 0.15) is 17.4 Å². The zero-order valence-corrected chi connectivity index (χ0v) is 16.6. The Morgan fingerprint density at radius 1 is 1.04 bits per heavy atom. The molecule has 6 heteroatoms. The predicted molar refractivity (Wildman–Crippen MR) is 113 cm³/mol. The Balaban J connectivity index is 1.49. The van der Waals surface area contributed by atoms with Crippen molar-refractivity contribution in [3.05, 3.63) is 71.8 Å². The molecule has 0 saturated carbocycles. The summed E-state index contributed by atoms with van der Waals surface area (Å²) in [4.78, 5) is 21.5. The standard InChI is InChI=1S/C22H23ClN4O/c1-2-25-16-18(17-6-8-24-9-7-17)14-21(25)22(28)27-12-10-26(11-13-27)20-5-3-4-19(23)15-20/h3-9,14-16H,2,10-13H2,1H3. The molecule has 1 aliphatic heterocycles. The van der Waals surface area contributed by atoms with Crippen molar-refractivity contribution in [2.45, 2.75) is 13.5 Å². The Morgan fingerprint density at radius 2 is 1.79 bits per heavy atom. The van der Waals surface area contributed by atoms with E-state index >= 15 is 0 Å². The van der Waals surface area contributed by atoms with Crippen molar-refractivity contribution in [3.63, 3.8) is 0 Å². The highest BCUT2D eigenvalue weighted by atomic mass is 35.5. The highest BCUT2D eigenvalue weighted by molar-refractivity contribution is 6.30. The molecule has 0 N–H and O–H groups in total. The summed E-state index contributed by atoms with van der Waals surface area (Å²) in [6.45, 7) is 5.82. The quantitative estimate of drug-likeness (QED) is 0.666. The molecular formula is C22H23ClN4O. The highest BCUT2D eigenvalue weighted by Gasteiger charge is 2.25. The number of halogens is 1. The van der Waals surface area contributed by atoms with E-state index in [4.69, 9.17) is 11.6 Å². The molecule has 1 amide bonds. The first-order chi connectivity index (χ1) is 13.7. The fourth-order valence-electron chi connectivity index (χ4n) is 3.66. The zero-order valence-electron chi connectivity index (χ0n) is 15.9. The number of aryl methyl sites for hydroxylation is 1. The Bertz CT molecular complexity index is 962. The van der Waals surface area contributed by atoms with Crippen LogP contribution >= 0.6 is 11.6 Å². The average molecular weight is 395 g/mol. The van der Waals surface area contributed by atoms with Gasteiger partial charge >= 0.3 is 0 Å². The van der Waals surface area contributed by atoms with Crippen molar-refractivity contribution < 1.29 is 4.79 Å². The minimum Gasteiger partial charge on any atom is -0.368 e. The van der Waals surface area contributed by atoms with Crippen LogP contribution in [-0.4, -0.2) is 46.5 Å². The smallest absolute Gasteiger partial charge is 0.270 e. The largest absolute Gasteiger partial charge is 0.368 e. The van der Waals surface area contributed by atoms with Crippen molar-refractivity contribution in [1.82, 2.24) is 14.5 Å². The van der Waals surface area contributed by atoms with Gasteiger partial charge in [-0.3, -0.25) is 9.78 Å². The highest BCUT2D eigenvalue weighted by Crippen LogP contribution is 2.24. The van der Waals surface area contributed by atoms with Crippen LogP contribution in [0.15, 0.2) is 61.1 Å². The Hall–Kier alpha value is -2.79. The lowest BCUT2D eigenvalue weighted by Gasteiger charge is -2.36. The summed E-state index contributed by atoms with van der Waals surface area (Å²) in [7, 11) is 0. The second-order valence-electron chi connectivity index (χ2n) is 6.90. The first kappa shape index (κ1) is 18.6. The van der Waals surface area contributed by atoms with Gasteiger partial charge in [0.2, 0.25) is 0 Å². The molecule has 2 aromatic heterocycles. The van der Waals surface area contributed by atoms with E-state index in [1.165, 1.54) is 0 Å². The summed E-state index contributed by atoms with van der Waals surface area (Å²) >= 11 is 6.11. The van der Waals surface area contributed by atoms with Crippen LogP contribution in [0, 0.1) is 0 Å². The van der Waals surface area contributed by atoms with Crippen LogP contribution in [0.25, 0.3) is 11.1 Å². The van der Waals surface area contributed by atoms with Crippen LogP contribution in [-0.2, 0) is 6.54 Å². The molecule has 0 spiro atoms. The van der Waals surface area contributed by atoms with E-state index in [9.17, 15) is 4.79 Å². The molecule has 3 aromatic rings. The fourth-order valence-corrected chi connectivity index (χ4v) is 3.84. The zero-order chi connectivity index (χ0) is 19.5. The average Bonchev–Trinajstić information content (AvgIpc) is 3.18. The van der Waals surface area contributed by atoms with Gasteiger partial charge in [0.15, 0.2) is 0 Å². The molecule has 3 heterocycles. The molecule has 0 atom stereocenters.